The molecule has 102 valence electrons. The monoisotopic (exact) mass is 266 g/mol. The average Bonchev–Trinajstić information content (AvgIpc) is 2.38. The molecule has 0 spiro atoms. The highest BCUT2D eigenvalue weighted by Gasteiger charge is 2.21. The highest BCUT2D eigenvalue weighted by Crippen LogP contribution is 2.22. The van der Waals surface area contributed by atoms with Crippen molar-refractivity contribution in [3.05, 3.63) is 35.1 Å². The van der Waals surface area contributed by atoms with Gasteiger partial charge in [-0.05, 0) is 24.6 Å². The predicted octanol–water partition coefficient (Wildman–Crippen LogP) is 0.618. The van der Waals surface area contributed by atoms with E-state index in [0.29, 0.717) is 0 Å². The minimum Gasteiger partial charge on any atom is -0.390 e. The van der Waals surface area contributed by atoms with Crippen LogP contribution in [0.3, 0.4) is 0 Å². The standard InChI is InChI=1S/C13H15FN2O3/c1-8(17)16-5-4-12(18)13(19)10-6-9(7-15)2-3-11(10)14/h2-3,6,12-13,18-19H,4-5H2,1H3,(H,16,17). The van der Waals surface area contributed by atoms with Crippen LogP contribution in [-0.4, -0.2) is 28.8 Å². The number of rotatable bonds is 5. The Balaban J connectivity index is 2.73. The Hall–Kier alpha value is -1.97. The van der Waals surface area contributed by atoms with Crippen LogP contribution in [0.4, 0.5) is 4.39 Å². The maximum atomic E-state index is 13.5. The summed E-state index contributed by atoms with van der Waals surface area (Å²) in [6.45, 7) is 1.51. The van der Waals surface area contributed by atoms with E-state index in [4.69, 9.17) is 5.26 Å². The second kappa shape index (κ2) is 6.83. The molecule has 2 unspecified atom stereocenters. The van der Waals surface area contributed by atoms with Gasteiger partial charge >= 0.3 is 0 Å². The van der Waals surface area contributed by atoms with Crippen molar-refractivity contribution in [2.45, 2.75) is 25.6 Å². The maximum absolute atomic E-state index is 13.5. The van der Waals surface area contributed by atoms with Gasteiger partial charge < -0.3 is 15.5 Å². The molecule has 1 aromatic carbocycles. The zero-order valence-corrected chi connectivity index (χ0v) is 10.4. The lowest BCUT2D eigenvalue weighted by Crippen LogP contribution is -2.28. The van der Waals surface area contributed by atoms with Crippen LogP contribution < -0.4 is 5.32 Å². The van der Waals surface area contributed by atoms with Crippen LogP contribution in [0.5, 0.6) is 0 Å². The van der Waals surface area contributed by atoms with Crippen LogP contribution in [0.2, 0.25) is 0 Å². The molecule has 1 aromatic rings. The van der Waals surface area contributed by atoms with Crippen molar-refractivity contribution in [2.24, 2.45) is 0 Å². The van der Waals surface area contributed by atoms with Gasteiger partial charge in [0.15, 0.2) is 0 Å². The summed E-state index contributed by atoms with van der Waals surface area (Å²) in [6.07, 6.45) is -2.59. The zero-order chi connectivity index (χ0) is 14.4. The Kier molecular flexibility index (Phi) is 5.42. The molecule has 0 fully saturated rings. The van der Waals surface area contributed by atoms with E-state index in [2.05, 4.69) is 5.32 Å². The first-order chi connectivity index (χ1) is 8.95. The summed E-state index contributed by atoms with van der Waals surface area (Å²) in [6, 6.07) is 5.38. The van der Waals surface area contributed by atoms with Gasteiger partial charge in [-0.2, -0.15) is 5.26 Å². The van der Waals surface area contributed by atoms with Crippen LogP contribution in [0, 0.1) is 17.1 Å². The molecule has 0 aromatic heterocycles. The lowest BCUT2D eigenvalue weighted by atomic mass is 9.99. The molecule has 0 heterocycles. The minimum atomic E-state index is -1.44. The Morgan fingerprint density at radius 2 is 2.21 bits per heavy atom. The summed E-state index contributed by atoms with van der Waals surface area (Å²) in [4.78, 5) is 10.7. The van der Waals surface area contributed by atoms with Gasteiger partial charge in [0.05, 0.1) is 17.7 Å². The maximum Gasteiger partial charge on any atom is 0.216 e. The van der Waals surface area contributed by atoms with Crippen molar-refractivity contribution in [2.75, 3.05) is 6.54 Å². The summed E-state index contributed by atoms with van der Waals surface area (Å²) in [7, 11) is 0. The van der Waals surface area contributed by atoms with Gasteiger partial charge in [-0.3, -0.25) is 4.79 Å². The van der Waals surface area contributed by atoms with Crippen molar-refractivity contribution >= 4 is 5.91 Å². The molecule has 5 nitrogen and oxygen atoms in total. The number of nitrogens with zero attached hydrogens (tertiary/aromatic N) is 1. The number of amides is 1. The fourth-order valence-corrected chi connectivity index (χ4v) is 1.60. The quantitative estimate of drug-likeness (QED) is 0.728. The number of hydrogen-bond donors (Lipinski definition) is 3. The van der Waals surface area contributed by atoms with E-state index in [1.54, 1.807) is 0 Å². The summed E-state index contributed by atoms with van der Waals surface area (Å²) < 4.78 is 13.5. The summed E-state index contributed by atoms with van der Waals surface area (Å²) in [5.41, 5.74) is 0.0684. The average molecular weight is 266 g/mol. The zero-order valence-electron chi connectivity index (χ0n) is 10.4. The van der Waals surface area contributed by atoms with Gasteiger partial charge in [-0.25, -0.2) is 4.39 Å². The molecule has 0 aliphatic carbocycles. The number of benzene rings is 1. The minimum absolute atomic E-state index is 0.0803. The predicted molar refractivity (Wildman–Crippen MR) is 65.4 cm³/mol. The third kappa shape index (κ3) is 4.32. The van der Waals surface area contributed by atoms with Crippen molar-refractivity contribution in [3.63, 3.8) is 0 Å². The molecule has 1 rings (SSSR count). The van der Waals surface area contributed by atoms with E-state index in [9.17, 15) is 19.4 Å². The summed E-state index contributed by atoms with van der Waals surface area (Å²) in [5, 5.41) is 30.7. The number of carbonyl (C=O) groups is 1. The van der Waals surface area contributed by atoms with E-state index in [-0.39, 0.29) is 30.0 Å². The van der Waals surface area contributed by atoms with Crippen LogP contribution in [-0.2, 0) is 4.79 Å². The van der Waals surface area contributed by atoms with Gasteiger partial charge in [0.2, 0.25) is 5.91 Å². The van der Waals surface area contributed by atoms with Crippen LogP contribution in [0.15, 0.2) is 18.2 Å². The third-order valence-corrected chi connectivity index (χ3v) is 2.62. The first-order valence-electron chi connectivity index (χ1n) is 5.75. The van der Waals surface area contributed by atoms with Gasteiger partial charge in [0, 0.05) is 19.0 Å². The normalized spacial score (nSPS) is 13.4. The molecule has 19 heavy (non-hydrogen) atoms. The second-order valence-electron chi connectivity index (χ2n) is 4.13. The molecule has 0 saturated heterocycles. The molecular weight excluding hydrogens is 251 g/mol. The number of carbonyl (C=O) groups excluding carboxylic acids is 1. The largest absolute Gasteiger partial charge is 0.390 e. The van der Waals surface area contributed by atoms with Crippen molar-refractivity contribution in [1.29, 1.82) is 5.26 Å². The van der Waals surface area contributed by atoms with Gasteiger partial charge in [0.25, 0.3) is 0 Å². The molecule has 6 heteroatoms. The highest BCUT2D eigenvalue weighted by molar-refractivity contribution is 5.72. The number of hydrogen-bond acceptors (Lipinski definition) is 4. The highest BCUT2D eigenvalue weighted by atomic mass is 19.1. The van der Waals surface area contributed by atoms with Crippen molar-refractivity contribution < 1.29 is 19.4 Å². The second-order valence-corrected chi connectivity index (χ2v) is 4.13. The van der Waals surface area contributed by atoms with E-state index in [1.807, 2.05) is 6.07 Å². The molecule has 0 saturated carbocycles. The Labute approximate surface area is 110 Å². The van der Waals surface area contributed by atoms with E-state index in [0.717, 1.165) is 6.07 Å². The molecule has 3 N–H and O–H groups in total. The fraction of sp³-hybridized carbons (Fsp3) is 0.385. The number of nitriles is 1. The summed E-state index contributed by atoms with van der Waals surface area (Å²) >= 11 is 0. The third-order valence-electron chi connectivity index (χ3n) is 2.62. The SMILES string of the molecule is CC(=O)NCCC(O)C(O)c1cc(C#N)ccc1F. The Morgan fingerprint density at radius 1 is 1.53 bits per heavy atom. The molecule has 2 atom stereocenters. The van der Waals surface area contributed by atoms with Crippen LogP contribution in [0.1, 0.15) is 30.6 Å². The van der Waals surface area contributed by atoms with Gasteiger partial charge in [-0.15, -0.1) is 0 Å². The number of nitrogens with one attached hydrogen (secondary N) is 1. The molecule has 0 aliphatic heterocycles. The number of aliphatic hydroxyl groups excluding tert-OH is 2. The molecule has 1 amide bonds. The van der Waals surface area contributed by atoms with Crippen molar-refractivity contribution in [1.82, 2.24) is 5.32 Å². The van der Waals surface area contributed by atoms with Crippen LogP contribution >= 0.6 is 0 Å². The topological polar surface area (TPSA) is 93.3 Å². The number of aliphatic hydroxyl groups is 2. The van der Waals surface area contributed by atoms with E-state index < -0.39 is 18.0 Å². The lowest BCUT2D eigenvalue weighted by Gasteiger charge is -2.19. The molecule has 0 radical (unpaired) electrons. The van der Waals surface area contributed by atoms with E-state index in [1.165, 1.54) is 19.1 Å². The first kappa shape index (κ1) is 15.1. The van der Waals surface area contributed by atoms with Crippen molar-refractivity contribution in [3.8, 4) is 6.07 Å². The number of halogens is 1. The van der Waals surface area contributed by atoms with Gasteiger partial charge in [-0.1, -0.05) is 0 Å². The Bertz CT molecular complexity index is 499. The fourth-order valence-electron chi connectivity index (χ4n) is 1.60. The van der Waals surface area contributed by atoms with Gasteiger partial charge in [0.1, 0.15) is 11.9 Å². The van der Waals surface area contributed by atoms with E-state index >= 15 is 0 Å². The summed E-state index contributed by atoms with van der Waals surface area (Å²) in [5.74, 6) is -0.940. The first-order valence-corrected chi connectivity index (χ1v) is 5.75. The molecular formula is C13H15FN2O3. The molecule has 0 aliphatic rings. The van der Waals surface area contributed by atoms with Crippen LogP contribution in [0.25, 0.3) is 0 Å². The lowest BCUT2D eigenvalue weighted by molar-refractivity contribution is -0.119. The smallest absolute Gasteiger partial charge is 0.216 e. The Morgan fingerprint density at radius 3 is 2.79 bits per heavy atom. The molecule has 0 bridgehead atoms.